The quantitative estimate of drug-likeness (QED) is 0.931. The SMILES string of the molecule is O=C(NCc1ccccc1)c1ncc(Cl)c(Cl)c1Cl. The van der Waals surface area contributed by atoms with Crippen LogP contribution in [0.25, 0.3) is 0 Å². The molecule has 0 aliphatic heterocycles. The zero-order valence-corrected chi connectivity index (χ0v) is 11.9. The average Bonchev–Trinajstić information content (AvgIpc) is 2.43. The molecule has 0 saturated carbocycles. The van der Waals surface area contributed by atoms with Crippen LogP contribution in [0.1, 0.15) is 16.1 Å². The van der Waals surface area contributed by atoms with E-state index in [2.05, 4.69) is 10.3 Å². The van der Waals surface area contributed by atoms with Crippen molar-refractivity contribution in [2.75, 3.05) is 0 Å². The topological polar surface area (TPSA) is 42.0 Å². The van der Waals surface area contributed by atoms with Crippen LogP contribution in [-0.4, -0.2) is 10.9 Å². The molecule has 19 heavy (non-hydrogen) atoms. The van der Waals surface area contributed by atoms with Crippen molar-refractivity contribution in [2.45, 2.75) is 6.54 Å². The van der Waals surface area contributed by atoms with Gasteiger partial charge in [-0.1, -0.05) is 65.1 Å². The standard InChI is InChI=1S/C13H9Cl3N2O/c14-9-7-17-12(11(16)10(9)15)13(19)18-6-8-4-2-1-3-5-8/h1-5,7H,6H2,(H,18,19). The number of halogens is 3. The van der Waals surface area contributed by atoms with Crippen LogP contribution in [0.4, 0.5) is 0 Å². The van der Waals surface area contributed by atoms with E-state index in [4.69, 9.17) is 34.8 Å². The second kappa shape index (κ2) is 6.24. The van der Waals surface area contributed by atoms with Gasteiger partial charge in [0, 0.05) is 12.7 Å². The molecule has 3 nitrogen and oxygen atoms in total. The molecule has 0 radical (unpaired) electrons. The maximum atomic E-state index is 11.9. The van der Waals surface area contributed by atoms with Crippen molar-refractivity contribution in [3.63, 3.8) is 0 Å². The first-order chi connectivity index (χ1) is 9.09. The molecule has 0 aliphatic carbocycles. The van der Waals surface area contributed by atoms with E-state index < -0.39 is 5.91 Å². The summed E-state index contributed by atoms with van der Waals surface area (Å²) in [5, 5.41) is 3.11. The van der Waals surface area contributed by atoms with Gasteiger partial charge in [0.1, 0.15) is 5.69 Å². The van der Waals surface area contributed by atoms with Gasteiger partial charge in [-0.15, -0.1) is 0 Å². The molecule has 2 aromatic rings. The molecular formula is C13H9Cl3N2O. The molecule has 0 aliphatic rings. The first-order valence-electron chi connectivity index (χ1n) is 5.41. The summed E-state index contributed by atoms with van der Waals surface area (Å²) in [6, 6.07) is 9.51. The highest BCUT2D eigenvalue weighted by molar-refractivity contribution is 6.48. The second-order valence-electron chi connectivity index (χ2n) is 3.75. The summed E-state index contributed by atoms with van der Waals surface area (Å²) >= 11 is 17.5. The van der Waals surface area contributed by atoms with Crippen molar-refractivity contribution in [3.8, 4) is 0 Å². The van der Waals surface area contributed by atoms with Crippen LogP contribution in [0.5, 0.6) is 0 Å². The Bertz CT molecular complexity index is 602. The lowest BCUT2D eigenvalue weighted by molar-refractivity contribution is 0.0946. The van der Waals surface area contributed by atoms with E-state index in [0.29, 0.717) is 6.54 Å². The molecule has 1 N–H and O–H groups in total. The van der Waals surface area contributed by atoms with Crippen molar-refractivity contribution in [1.82, 2.24) is 10.3 Å². The minimum Gasteiger partial charge on any atom is -0.347 e. The van der Waals surface area contributed by atoms with E-state index in [-0.39, 0.29) is 20.8 Å². The number of hydrogen-bond donors (Lipinski definition) is 1. The summed E-state index contributed by atoms with van der Waals surface area (Å²) < 4.78 is 0. The van der Waals surface area contributed by atoms with Gasteiger partial charge in [0.15, 0.2) is 0 Å². The first-order valence-corrected chi connectivity index (χ1v) is 6.54. The van der Waals surface area contributed by atoms with E-state index in [1.54, 1.807) is 0 Å². The second-order valence-corrected chi connectivity index (χ2v) is 4.91. The number of rotatable bonds is 3. The van der Waals surface area contributed by atoms with Crippen molar-refractivity contribution in [3.05, 3.63) is 62.9 Å². The summed E-state index contributed by atoms with van der Waals surface area (Å²) in [7, 11) is 0. The molecule has 2 rings (SSSR count). The number of hydrogen-bond acceptors (Lipinski definition) is 2. The Kier molecular flexibility index (Phi) is 4.64. The molecule has 0 fully saturated rings. The Hall–Kier alpha value is -1.29. The fourth-order valence-electron chi connectivity index (χ4n) is 1.46. The van der Waals surface area contributed by atoms with Gasteiger partial charge in [-0.25, -0.2) is 4.98 Å². The lowest BCUT2D eigenvalue weighted by atomic mass is 10.2. The monoisotopic (exact) mass is 314 g/mol. The van der Waals surface area contributed by atoms with Gasteiger partial charge in [0.25, 0.3) is 5.91 Å². The molecule has 0 saturated heterocycles. The molecule has 1 aromatic carbocycles. The third kappa shape index (κ3) is 3.38. The Morgan fingerprint density at radius 2 is 1.79 bits per heavy atom. The van der Waals surface area contributed by atoms with Crippen LogP contribution in [0, 0.1) is 0 Å². The Balaban J connectivity index is 2.11. The number of carbonyl (C=O) groups is 1. The summed E-state index contributed by atoms with van der Waals surface area (Å²) in [5.74, 6) is -0.396. The molecule has 1 aromatic heterocycles. The number of pyridine rings is 1. The molecule has 98 valence electrons. The first kappa shape index (κ1) is 14.1. The summed E-state index contributed by atoms with van der Waals surface area (Å²) in [6.07, 6.45) is 1.30. The van der Waals surface area contributed by atoms with Crippen LogP contribution in [0.3, 0.4) is 0 Å². The van der Waals surface area contributed by atoms with E-state index >= 15 is 0 Å². The zero-order chi connectivity index (χ0) is 13.8. The van der Waals surface area contributed by atoms with E-state index in [1.165, 1.54) is 6.20 Å². The fraction of sp³-hybridized carbons (Fsp3) is 0.0769. The fourth-order valence-corrected chi connectivity index (χ4v) is 2.03. The van der Waals surface area contributed by atoms with Gasteiger partial charge in [0.05, 0.1) is 15.1 Å². The third-order valence-corrected chi connectivity index (χ3v) is 3.67. The number of nitrogens with zero attached hydrogens (tertiary/aromatic N) is 1. The number of amides is 1. The van der Waals surface area contributed by atoms with Gasteiger partial charge in [-0.2, -0.15) is 0 Å². The Morgan fingerprint density at radius 1 is 1.11 bits per heavy atom. The number of nitrogens with one attached hydrogen (secondary N) is 1. The molecular weight excluding hydrogens is 307 g/mol. The number of benzene rings is 1. The highest BCUT2D eigenvalue weighted by Gasteiger charge is 2.16. The Labute approximate surface area is 125 Å². The van der Waals surface area contributed by atoms with Gasteiger partial charge >= 0.3 is 0 Å². The van der Waals surface area contributed by atoms with Crippen LogP contribution in [-0.2, 0) is 6.54 Å². The van der Waals surface area contributed by atoms with Crippen LogP contribution in [0.2, 0.25) is 15.1 Å². The summed E-state index contributed by atoms with van der Waals surface area (Å²) in [4.78, 5) is 15.8. The number of aromatic nitrogens is 1. The minimum atomic E-state index is -0.396. The maximum Gasteiger partial charge on any atom is 0.271 e. The molecule has 0 atom stereocenters. The largest absolute Gasteiger partial charge is 0.347 e. The van der Waals surface area contributed by atoms with Crippen molar-refractivity contribution < 1.29 is 4.79 Å². The molecule has 0 unspecified atom stereocenters. The summed E-state index contributed by atoms with van der Waals surface area (Å²) in [5.41, 5.74) is 1.04. The van der Waals surface area contributed by atoms with E-state index in [9.17, 15) is 4.79 Å². The van der Waals surface area contributed by atoms with Crippen LogP contribution < -0.4 is 5.32 Å². The molecule has 1 heterocycles. The van der Waals surface area contributed by atoms with E-state index in [0.717, 1.165) is 5.56 Å². The van der Waals surface area contributed by atoms with Gasteiger partial charge in [-0.05, 0) is 5.56 Å². The van der Waals surface area contributed by atoms with Gasteiger partial charge < -0.3 is 5.32 Å². The molecule has 6 heteroatoms. The smallest absolute Gasteiger partial charge is 0.271 e. The zero-order valence-electron chi connectivity index (χ0n) is 9.66. The Morgan fingerprint density at radius 3 is 2.47 bits per heavy atom. The van der Waals surface area contributed by atoms with Gasteiger partial charge in [0.2, 0.25) is 0 Å². The predicted octanol–water partition coefficient (Wildman–Crippen LogP) is 3.97. The highest BCUT2D eigenvalue weighted by Crippen LogP contribution is 2.30. The lowest BCUT2D eigenvalue weighted by Crippen LogP contribution is -2.24. The summed E-state index contributed by atoms with van der Waals surface area (Å²) in [6.45, 7) is 0.387. The highest BCUT2D eigenvalue weighted by atomic mass is 35.5. The molecule has 0 bridgehead atoms. The van der Waals surface area contributed by atoms with Crippen molar-refractivity contribution >= 4 is 40.7 Å². The molecule has 0 spiro atoms. The maximum absolute atomic E-state index is 11.9. The van der Waals surface area contributed by atoms with E-state index in [1.807, 2.05) is 30.3 Å². The van der Waals surface area contributed by atoms with Gasteiger partial charge in [-0.3, -0.25) is 4.79 Å². The van der Waals surface area contributed by atoms with Crippen LogP contribution in [0.15, 0.2) is 36.5 Å². The lowest BCUT2D eigenvalue weighted by Gasteiger charge is -2.07. The van der Waals surface area contributed by atoms with Crippen LogP contribution >= 0.6 is 34.8 Å². The average molecular weight is 316 g/mol. The predicted molar refractivity (Wildman–Crippen MR) is 76.9 cm³/mol. The minimum absolute atomic E-state index is 0.0553. The number of carbonyl (C=O) groups excluding carboxylic acids is 1. The van der Waals surface area contributed by atoms with Crippen molar-refractivity contribution in [1.29, 1.82) is 0 Å². The van der Waals surface area contributed by atoms with Crippen molar-refractivity contribution in [2.24, 2.45) is 0 Å². The third-order valence-electron chi connectivity index (χ3n) is 2.43. The normalized spacial score (nSPS) is 10.3. The molecule has 1 amide bonds.